The third-order valence-corrected chi connectivity index (χ3v) is 3.40. The van der Waals surface area contributed by atoms with Gasteiger partial charge < -0.3 is 5.32 Å². The van der Waals surface area contributed by atoms with Crippen molar-refractivity contribution in [3.05, 3.63) is 69.2 Å². The lowest BCUT2D eigenvalue weighted by atomic mass is 10.2. The standard InChI is InChI=1S/C16H11BrClNO/c17-14-9-7-13(8-10-14)16(20)19-11-3-5-12-4-1-2-6-15(12)18/h1-2,4,6-10H,11H2,(H,19,20). The van der Waals surface area contributed by atoms with E-state index in [2.05, 4.69) is 33.1 Å². The Hall–Kier alpha value is -1.76. The molecule has 0 saturated carbocycles. The van der Waals surface area contributed by atoms with Crippen molar-refractivity contribution in [3.8, 4) is 11.8 Å². The number of benzene rings is 2. The second-order valence-electron chi connectivity index (χ2n) is 3.97. The first-order chi connectivity index (χ1) is 9.66. The van der Waals surface area contributed by atoms with Crippen LogP contribution in [0.2, 0.25) is 5.02 Å². The summed E-state index contributed by atoms with van der Waals surface area (Å²) in [5.74, 6) is 5.66. The quantitative estimate of drug-likeness (QED) is 0.820. The van der Waals surface area contributed by atoms with Gasteiger partial charge >= 0.3 is 0 Å². The van der Waals surface area contributed by atoms with Gasteiger partial charge in [-0.3, -0.25) is 4.79 Å². The van der Waals surface area contributed by atoms with Crippen LogP contribution in [-0.2, 0) is 0 Å². The fraction of sp³-hybridized carbons (Fsp3) is 0.0625. The van der Waals surface area contributed by atoms with E-state index in [-0.39, 0.29) is 12.5 Å². The van der Waals surface area contributed by atoms with Gasteiger partial charge in [-0.15, -0.1) is 0 Å². The maximum absolute atomic E-state index is 11.8. The molecule has 0 heterocycles. The summed E-state index contributed by atoms with van der Waals surface area (Å²) in [6.07, 6.45) is 0. The Morgan fingerprint density at radius 1 is 1.15 bits per heavy atom. The van der Waals surface area contributed by atoms with E-state index in [0.717, 1.165) is 10.0 Å². The molecule has 0 aliphatic carbocycles. The molecule has 0 unspecified atom stereocenters. The number of carbonyl (C=O) groups excluding carboxylic acids is 1. The molecule has 20 heavy (non-hydrogen) atoms. The number of nitrogens with one attached hydrogen (secondary N) is 1. The molecule has 0 aliphatic heterocycles. The van der Waals surface area contributed by atoms with E-state index in [4.69, 9.17) is 11.6 Å². The summed E-state index contributed by atoms with van der Waals surface area (Å²) in [7, 11) is 0. The average molecular weight is 349 g/mol. The molecule has 0 radical (unpaired) electrons. The van der Waals surface area contributed by atoms with Gasteiger partial charge in [0.1, 0.15) is 0 Å². The van der Waals surface area contributed by atoms with Gasteiger partial charge in [0.15, 0.2) is 0 Å². The van der Waals surface area contributed by atoms with Gasteiger partial charge in [-0.1, -0.05) is 51.5 Å². The van der Waals surface area contributed by atoms with E-state index in [9.17, 15) is 4.79 Å². The highest BCUT2D eigenvalue weighted by Crippen LogP contribution is 2.13. The molecule has 0 saturated heterocycles. The van der Waals surface area contributed by atoms with Gasteiger partial charge in [0.25, 0.3) is 5.91 Å². The highest BCUT2D eigenvalue weighted by molar-refractivity contribution is 9.10. The molecule has 0 spiro atoms. The first kappa shape index (κ1) is 14.6. The topological polar surface area (TPSA) is 29.1 Å². The molecule has 100 valence electrons. The van der Waals surface area contributed by atoms with Crippen LogP contribution in [0.4, 0.5) is 0 Å². The third-order valence-electron chi connectivity index (χ3n) is 2.54. The SMILES string of the molecule is O=C(NCC#Cc1ccccc1Cl)c1ccc(Br)cc1. The van der Waals surface area contributed by atoms with Crippen LogP contribution in [0.15, 0.2) is 53.0 Å². The zero-order valence-corrected chi connectivity index (χ0v) is 12.8. The van der Waals surface area contributed by atoms with Crippen molar-refractivity contribution in [1.82, 2.24) is 5.32 Å². The molecule has 0 aliphatic rings. The first-order valence-corrected chi connectivity index (χ1v) is 7.11. The molecule has 0 fully saturated rings. The summed E-state index contributed by atoms with van der Waals surface area (Å²) in [6.45, 7) is 0.278. The molecule has 2 aromatic rings. The fourth-order valence-corrected chi connectivity index (χ4v) is 1.98. The first-order valence-electron chi connectivity index (χ1n) is 5.94. The van der Waals surface area contributed by atoms with Crippen LogP contribution >= 0.6 is 27.5 Å². The number of hydrogen-bond donors (Lipinski definition) is 1. The summed E-state index contributed by atoms with van der Waals surface area (Å²) in [5.41, 5.74) is 1.36. The maximum atomic E-state index is 11.8. The van der Waals surface area contributed by atoms with Gasteiger partial charge in [0.2, 0.25) is 0 Å². The van der Waals surface area contributed by atoms with Crippen molar-refractivity contribution < 1.29 is 4.79 Å². The van der Waals surface area contributed by atoms with Gasteiger partial charge in [-0.25, -0.2) is 0 Å². The normalized spacial score (nSPS) is 9.50. The second-order valence-corrected chi connectivity index (χ2v) is 5.29. The average Bonchev–Trinajstić information content (AvgIpc) is 2.46. The third kappa shape index (κ3) is 4.12. The van der Waals surface area contributed by atoms with Crippen molar-refractivity contribution in [2.45, 2.75) is 0 Å². The van der Waals surface area contributed by atoms with E-state index in [1.165, 1.54) is 0 Å². The maximum Gasteiger partial charge on any atom is 0.252 e. The van der Waals surface area contributed by atoms with E-state index in [1.807, 2.05) is 30.3 Å². The van der Waals surface area contributed by atoms with Crippen LogP contribution in [-0.4, -0.2) is 12.5 Å². The van der Waals surface area contributed by atoms with Crippen molar-refractivity contribution in [3.63, 3.8) is 0 Å². The van der Waals surface area contributed by atoms with Crippen LogP contribution < -0.4 is 5.32 Å². The molecule has 4 heteroatoms. The summed E-state index contributed by atoms with van der Waals surface area (Å²) >= 11 is 9.31. The predicted octanol–water partition coefficient (Wildman–Crippen LogP) is 3.88. The van der Waals surface area contributed by atoms with Crippen LogP contribution in [0.3, 0.4) is 0 Å². The fourth-order valence-electron chi connectivity index (χ4n) is 1.53. The van der Waals surface area contributed by atoms with Crippen molar-refractivity contribution in [1.29, 1.82) is 0 Å². The number of halogens is 2. The number of rotatable bonds is 2. The highest BCUT2D eigenvalue weighted by Gasteiger charge is 2.02. The summed E-state index contributed by atoms with van der Waals surface area (Å²) in [5, 5.41) is 3.35. The highest BCUT2D eigenvalue weighted by atomic mass is 79.9. The summed E-state index contributed by atoms with van der Waals surface area (Å²) in [4.78, 5) is 11.8. The van der Waals surface area contributed by atoms with Crippen molar-refractivity contribution in [2.24, 2.45) is 0 Å². The van der Waals surface area contributed by atoms with E-state index < -0.39 is 0 Å². The molecule has 0 bridgehead atoms. The number of hydrogen-bond acceptors (Lipinski definition) is 1. The Labute approximate surface area is 131 Å². The van der Waals surface area contributed by atoms with Crippen molar-refractivity contribution >= 4 is 33.4 Å². The molecule has 2 aromatic carbocycles. The van der Waals surface area contributed by atoms with E-state index >= 15 is 0 Å². The lowest BCUT2D eigenvalue weighted by molar-refractivity contribution is 0.0958. The lowest BCUT2D eigenvalue weighted by Crippen LogP contribution is -2.23. The van der Waals surface area contributed by atoms with Crippen LogP contribution in [0.5, 0.6) is 0 Å². The molecule has 2 nitrogen and oxygen atoms in total. The van der Waals surface area contributed by atoms with Crippen LogP contribution in [0.1, 0.15) is 15.9 Å². The Morgan fingerprint density at radius 3 is 2.55 bits per heavy atom. The molecule has 1 N–H and O–H groups in total. The molecule has 1 amide bonds. The largest absolute Gasteiger partial charge is 0.341 e. The zero-order chi connectivity index (χ0) is 14.4. The van der Waals surface area contributed by atoms with Crippen molar-refractivity contribution in [2.75, 3.05) is 6.54 Å². The summed E-state index contributed by atoms with van der Waals surface area (Å²) in [6, 6.07) is 14.5. The van der Waals surface area contributed by atoms with Crippen LogP contribution in [0.25, 0.3) is 0 Å². The Kier molecular flexibility index (Phi) is 5.23. The molecular weight excluding hydrogens is 338 g/mol. The minimum Gasteiger partial charge on any atom is -0.341 e. The zero-order valence-electron chi connectivity index (χ0n) is 10.5. The summed E-state index contributed by atoms with van der Waals surface area (Å²) < 4.78 is 0.938. The molecule has 2 rings (SSSR count). The lowest BCUT2D eigenvalue weighted by Gasteiger charge is -2.01. The number of amides is 1. The molecular formula is C16H11BrClNO. The van der Waals surface area contributed by atoms with E-state index in [1.54, 1.807) is 18.2 Å². The second kappa shape index (κ2) is 7.14. The number of carbonyl (C=O) groups is 1. The predicted molar refractivity (Wildman–Crippen MR) is 84.8 cm³/mol. The monoisotopic (exact) mass is 347 g/mol. The smallest absolute Gasteiger partial charge is 0.252 e. The van der Waals surface area contributed by atoms with Crippen LogP contribution in [0, 0.1) is 11.8 Å². The Balaban J connectivity index is 1.92. The minimum atomic E-state index is -0.147. The Morgan fingerprint density at radius 2 is 1.85 bits per heavy atom. The Bertz CT molecular complexity index is 671. The minimum absolute atomic E-state index is 0.147. The van der Waals surface area contributed by atoms with E-state index in [0.29, 0.717) is 10.6 Å². The van der Waals surface area contributed by atoms with Gasteiger partial charge in [0, 0.05) is 15.6 Å². The molecule has 0 aromatic heterocycles. The van der Waals surface area contributed by atoms with Gasteiger partial charge in [-0.05, 0) is 36.4 Å². The van der Waals surface area contributed by atoms with Gasteiger partial charge in [0.05, 0.1) is 11.6 Å². The molecule has 0 atom stereocenters. The van der Waals surface area contributed by atoms with Gasteiger partial charge in [-0.2, -0.15) is 0 Å².